The van der Waals surface area contributed by atoms with Crippen molar-refractivity contribution in [2.24, 2.45) is 0 Å². The van der Waals surface area contributed by atoms with Gasteiger partial charge < -0.3 is 24.4 Å². The first-order chi connectivity index (χ1) is 20.1. The van der Waals surface area contributed by atoms with Gasteiger partial charge in [-0.1, -0.05) is 6.92 Å². The summed E-state index contributed by atoms with van der Waals surface area (Å²) >= 11 is 0. The number of benzene rings is 1. The molecule has 0 atom stereocenters. The largest absolute Gasteiger partial charge is 0.504 e. The van der Waals surface area contributed by atoms with E-state index in [0.29, 0.717) is 21.6 Å². The van der Waals surface area contributed by atoms with E-state index in [1.165, 1.54) is 18.2 Å². The molecule has 42 heavy (non-hydrogen) atoms. The van der Waals surface area contributed by atoms with Crippen LogP contribution in [0.2, 0.25) is 0 Å². The number of aldehydes is 1. The number of nitrogens with zero attached hydrogens (tertiary/aromatic N) is 8. The summed E-state index contributed by atoms with van der Waals surface area (Å²) < 4.78 is 42.3. The smallest absolute Gasteiger partial charge is 0.388 e. The number of hydrogen-bond donors (Lipinski definition) is 1. The molecule has 2 aliphatic rings. The van der Waals surface area contributed by atoms with Gasteiger partial charge in [-0.25, -0.2) is 14.5 Å². The van der Waals surface area contributed by atoms with Crippen LogP contribution in [0, 0.1) is 6.92 Å². The average Bonchev–Trinajstić information content (AvgIpc) is 3.65. The second-order valence-corrected chi connectivity index (χ2v) is 9.65. The molecule has 1 amide bonds. The highest BCUT2D eigenvalue weighted by atomic mass is 19.3. The number of alkyl halides is 2. The Morgan fingerprint density at radius 1 is 1.14 bits per heavy atom. The summed E-state index contributed by atoms with van der Waals surface area (Å²) in [6, 6.07) is 0.735. The van der Waals surface area contributed by atoms with E-state index in [1.54, 1.807) is 30.0 Å². The molecule has 1 N–H and O–H groups in total. The van der Waals surface area contributed by atoms with Gasteiger partial charge >= 0.3 is 6.05 Å². The van der Waals surface area contributed by atoms with Crippen LogP contribution >= 0.6 is 0 Å². The summed E-state index contributed by atoms with van der Waals surface area (Å²) in [5, 5.41) is 14.5. The van der Waals surface area contributed by atoms with Crippen LogP contribution in [0.3, 0.4) is 0 Å². The van der Waals surface area contributed by atoms with Crippen LogP contribution in [0.1, 0.15) is 28.8 Å². The second-order valence-electron chi connectivity index (χ2n) is 9.65. The summed E-state index contributed by atoms with van der Waals surface area (Å²) in [6.07, 6.45) is 0.624. The first-order valence-electron chi connectivity index (χ1n) is 13.0. The number of piperazine rings is 1. The zero-order chi connectivity index (χ0) is 29.8. The Morgan fingerprint density at radius 3 is 2.60 bits per heavy atom. The van der Waals surface area contributed by atoms with E-state index >= 15 is 8.78 Å². The fourth-order valence-corrected chi connectivity index (χ4v) is 5.11. The second kappa shape index (κ2) is 10.0. The third-order valence-corrected chi connectivity index (χ3v) is 7.22. The van der Waals surface area contributed by atoms with E-state index in [0.717, 1.165) is 4.52 Å². The van der Waals surface area contributed by atoms with Crippen molar-refractivity contribution in [3.05, 3.63) is 52.0 Å². The lowest BCUT2D eigenvalue weighted by Crippen LogP contribution is -2.51. The lowest BCUT2D eigenvalue weighted by Gasteiger charge is -2.37. The predicted octanol–water partition coefficient (Wildman–Crippen LogP) is 1.36. The van der Waals surface area contributed by atoms with Crippen molar-refractivity contribution in [1.82, 2.24) is 34.0 Å². The minimum absolute atomic E-state index is 0.0234. The third kappa shape index (κ3) is 4.26. The number of aryl methyl sites for hydroxylation is 1. The maximum absolute atomic E-state index is 15.2. The molecule has 218 valence electrons. The quantitative estimate of drug-likeness (QED) is 0.327. The Bertz CT molecular complexity index is 1800. The van der Waals surface area contributed by atoms with Crippen molar-refractivity contribution in [2.75, 3.05) is 37.9 Å². The highest BCUT2D eigenvalue weighted by molar-refractivity contribution is 5.95. The van der Waals surface area contributed by atoms with Crippen LogP contribution in [0.15, 0.2) is 29.3 Å². The molecule has 14 nitrogen and oxygen atoms in total. The molecular weight excluding hydrogens is 558 g/mol. The molecule has 4 aromatic rings. The fourth-order valence-electron chi connectivity index (χ4n) is 5.11. The number of halogens is 2. The van der Waals surface area contributed by atoms with Crippen molar-refractivity contribution < 1.29 is 33.0 Å². The van der Waals surface area contributed by atoms with Crippen molar-refractivity contribution in [1.29, 1.82) is 0 Å². The van der Waals surface area contributed by atoms with Crippen LogP contribution in [0.5, 0.6) is 17.2 Å². The van der Waals surface area contributed by atoms with Gasteiger partial charge in [0.2, 0.25) is 18.9 Å². The van der Waals surface area contributed by atoms with Crippen LogP contribution < -0.4 is 19.9 Å². The Hall–Kier alpha value is -5.15. The van der Waals surface area contributed by atoms with E-state index in [4.69, 9.17) is 9.47 Å². The van der Waals surface area contributed by atoms with Gasteiger partial charge in [0.15, 0.2) is 28.8 Å². The number of carbonyl (C=O) groups excluding carboxylic acids is 2. The molecular formula is C26H24F2N8O6. The van der Waals surface area contributed by atoms with E-state index in [-0.39, 0.29) is 73.7 Å². The van der Waals surface area contributed by atoms with E-state index in [2.05, 4.69) is 20.1 Å². The lowest BCUT2D eigenvalue weighted by molar-refractivity contribution is -0.143. The Balaban J connectivity index is 1.41. The number of amides is 1. The van der Waals surface area contributed by atoms with Gasteiger partial charge in [0.05, 0.1) is 11.4 Å². The molecule has 16 heteroatoms. The lowest BCUT2D eigenvalue weighted by atomic mass is 10.2. The number of aromatic hydroxyl groups is 1. The Morgan fingerprint density at radius 2 is 1.88 bits per heavy atom. The molecule has 2 aliphatic heterocycles. The topological polar surface area (TPSA) is 157 Å². The number of rotatable bonds is 6. The van der Waals surface area contributed by atoms with Crippen LogP contribution in [-0.2, 0) is 17.3 Å². The number of anilines is 1. The molecule has 1 aromatic carbocycles. The Labute approximate surface area is 235 Å². The molecule has 3 aromatic heterocycles. The highest BCUT2D eigenvalue weighted by Gasteiger charge is 2.39. The zero-order valence-electron chi connectivity index (χ0n) is 22.5. The van der Waals surface area contributed by atoms with Crippen LogP contribution in [-0.4, -0.2) is 84.3 Å². The maximum atomic E-state index is 15.2. The van der Waals surface area contributed by atoms with Crippen molar-refractivity contribution in [3.8, 4) is 28.6 Å². The number of carbonyl (C=O) groups is 2. The van der Waals surface area contributed by atoms with Crippen LogP contribution in [0.25, 0.3) is 17.2 Å². The molecule has 1 fully saturated rings. The van der Waals surface area contributed by atoms with Crippen molar-refractivity contribution in [3.63, 3.8) is 0 Å². The minimum Gasteiger partial charge on any atom is -0.504 e. The van der Waals surface area contributed by atoms with Gasteiger partial charge in [0.1, 0.15) is 12.0 Å². The number of aromatic nitrogens is 6. The van der Waals surface area contributed by atoms with E-state index in [9.17, 15) is 19.5 Å². The minimum atomic E-state index is -4.05. The summed E-state index contributed by atoms with van der Waals surface area (Å²) in [4.78, 5) is 53.4. The van der Waals surface area contributed by atoms with Crippen molar-refractivity contribution in [2.45, 2.75) is 26.3 Å². The zero-order valence-corrected chi connectivity index (χ0v) is 22.5. The Kier molecular flexibility index (Phi) is 6.46. The molecule has 0 spiro atoms. The molecule has 1 saturated heterocycles. The molecule has 0 aliphatic carbocycles. The standard InChI is InChI=1S/C26H24F2N8O6/c1-3-16-20(33-6-8-34(9-7-33)23(39)19-21(38)14(2)29-12-30-19)24(40)36-25(35(16)26(27,28)11-37)31-22(32-36)15-4-5-17-18(10-15)42-13-41-17/h4-5,10-12,38H,3,6-9,13H2,1-2H3. The van der Waals surface area contributed by atoms with Crippen molar-refractivity contribution >= 4 is 23.7 Å². The van der Waals surface area contributed by atoms with E-state index in [1.807, 2.05) is 0 Å². The number of hydrogen-bond acceptors (Lipinski definition) is 11. The molecule has 0 radical (unpaired) electrons. The third-order valence-electron chi connectivity index (χ3n) is 7.22. The van der Waals surface area contributed by atoms with Crippen LogP contribution in [0.4, 0.5) is 14.5 Å². The fraction of sp³-hybridized carbons (Fsp3) is 0.346. The molecule has 5 heterocycles. The molecule has 0 unspecified atom stereocenters. The summed E-state index contributed by atoms with van der Waals surface area (Å²) in [5.74, 6) is -0.491. The maximum Gasteiger partial charge on any atom is 0.388 e. The van der Waals surface area contributed by atoms with Gasteiger partial charge in [-0.2, -0.15) is 18.3 Å². The first kappa shape index (κ1) is 27.0. The monoisotopic (exact) mass is 582 g/mol. The van der Waals surface area contributed by atoms with Gasteiger partial charge in [0.25, 0.3) is 11.5 Å². The predicted molar refractivity (Wildman–Crippen MR) is 141 cm³/mol. The molecule has 0 saturated carbocycles. The highest BCUT2D eigenvalue weighted by Crippen LogP contribution is 2.36. The molecule has 0 bridgehead atoms. The molecule has 6 rings (SSSR count). The number of fused-ring (bicyclic) bond motifs is 2. The summed E-state index contributed by atoms with van der Waals surface area (Å²) in [6.45, 7) is 3.55. The number of ether oxygens (including phenoxy) is 2. The van der Waals surface area contributed by atoms with Gasteiger partial charge in [-0.05, 0) is 31.5 Å². The average molecular weight is 583 g/mol. The van der Waals surface area contributed by atoms with Gasteiger partial charge in [-0.15, -0.1) is 5.10 Å². The van der Waals surface area contributed by atoms with Gasteiger partial charge in [0, 0.05) is 31.7 Å². The summed E-state index contributed by atoms with van der Waals surface area (Å²) in [7, 11) is 0. The first-order valence-corrected chi connectivity index (χ1v) is 13.0. The summed E-state index contributed by atoms with van der Waals surface area (Å²) in [5.41, 5.74) is -0.420. The SMILES string of the molecule is CCc1c(N2CCN(C(=O)c3ncnc(C)c3O)CC2)c(=O)n2nc(-c3ccc4c(c3)OCO4)nc2n1C(F)(F)C=O. The van der Waals surface area contributed by atoms with Gasteiger partial charge in [-0.3, -0.25) is 14.4 Å². The normalized spacial score (nSPS) is 15.0. The van der Waals surface area contributed by atoms with E-state index < -0.39 is 29.6 Å².